The van der Waals surface area contributed by atoms with Crippen molar-refractivity contribution in [2.45, 2.75) is 19.9 Å². The van der Waals surface area contributed by atoms with Crippen LogP contribution in [0.1, 0.15) is 18.5 Å². The van der Waals surface area contributed by atoms with Gasteiger partial charge in [0.2, 0.25) is 0 Å². The average molecular weight is 369 g/mol. The van der Waals surface area contributed by atoms with Crippen LogP contribution in [0.3, 0.4) is 0 Å². The summed E-state index contributed by atoms with van der Waals surface area (Å²) in [5, 5.41) is 10.1. The fourth-order valence-electron chi connectivity index (χ4n) is 2.89. The molecule has 27 heavy (non-hydrogen) atoms. The zero-order valence-electron chi connectivity index (χ0n) is 15.6. The number of aromatic nitrogens is 1. The van der Waals surface area contributed by atoms with Crippen LogP contribution in [0.2, 0.25) is 0 Å². The van der Waals surface area contributed by atoms with Gasteiger partial charge in [0.1, 0.15) is 25.0 Å². The van der Waals surface area contributed by atoms with Gasteiger partial charge in [-0.25, -0.2) is 4.79 Å². The summed E-state index contributed by atoms with van der Waals surface area (Å²) in [4.78, 5) is 11.2. The second-order valence-electron chi connectivity index (χ2n) is 6.31. The van der Waals surface area contributed by atoms with Gasteiger partial charge in [-0.05, 0) is 55.8 Å². The molecule has 1 aromatic heterocycles. The molecule has 1 N–H and O–H groups in total. The molecule has 0 bridgehead atoms. The van der Waals surface area contributed by atoms with E-state index in [1.165, 1.54) is 0 Å². The van der Waals surface area contributed by atoms with Crippen LogP contribution in [0.5, 0.6) is 17.2 Å². The fourth-order valence-corrected chi connectivity index (χ4v) is 2.89. The third-order valence-corrected chi connectivity index (χ3v) is 4.40. The largest absolute Gasteiger partial charge is 0.493 e. The zero-order chi connectivity index (χ0) is 19.4. The number of rotatable bonds is 8. The first-order valence-electron chi connectivity index (χ1n) is 8.73. The fraction of sp³-hybridized carbons (Fsp3) is 0.286. The molecule has 0 spiro atoms. The van der Waals surface area contributed by atoms with Gasteiger partial charge in [0.25, 0.3) is 0 Å². The van der Waals surface area contributed by atoms with Crippen LogP contribution in [0, 0.1) is 6.92 Å². The van der Waals surface area contributed by atoms with Crippen LogP contribution in [0.25, 0.3) is 10.9 Å². The van der Waals surface area contributed by atoms with Gasteiger partial charge in [-0.15, -0.1) is 0 Å². The quantitative estimate of drug-likeness (QED) is 0.606. The highest BCUT2D eigenvalue weighted by molar-refractivity contribution is 5.84. The minimum absolute atomic E-state index is 0.383. The maximum atomic E-state index is 11.2. The highest BCUT2D eigenvalue weighted by atomic mass is 16.5. The Morgan fingerprint density at radius 2 is 1.85 bits per heavy atom. The monoisotopic (exact) mass is 369 g/mol. The molecular formula is C21H23NO5. The first-order valence-corrected chi connectivity index (χ1v) is 8.73. The van der Waals surface area contributed by atoms with Crippen molar-refractivity contribution in [1.82, 2.24) is 4.57 Å². The lowest BCUT2D eigenvalue weighted by Crippen LogP contribution is -2.14. The Morgan fingerprint density at radius 3 is 2.59 bits per heavy atom. The number of methoxy groups -OCH3 is 1. The predicted octanol–water partition coefficient (Wildman–Crippen LogP) is 4.06. The number of nitrogens with zero attached hydrogens (tertiary/aromatic N) is 1. The molecule has 0 radical (unpaired) electrons. The molecule has 6 heteroatoms. The highest BCUT2D eigenvalue weighted by Gasteiger charge is 2.15. The molecule has 3 aromatic rings. The van der Waals surface area contributed by atoms with Gasteiger partial charge in [0.15, 0.2) is 11.5 Å². The molecule has 0 saturated carbocycles. The lowest BCUT2D eigenvalue weighted by atomic mass is 10.2. The van der Waals surface area contributed by atoms with Crippen molar-refractivity contribution in [3.05, 3.63) is 54.2 Å². The van der Waals surface area contributed by atoms with E-state index in [-0.39, 0.29) is 0 Å². The van der Waals surface area contributed by atoms with Crippen molar-refractivity contribution >= 4 is 16.9 Å². The van der Waals surface area contributed by atoms with Crippen molar-refractivity contribution in [2.24, 2.45) is 0 Å². The summed E-state index contributed by atoms with van der Waals surface area (Å²) in [5.74, 6) is 1.23. The smallest absolute Gasteiger partial charge is 0.326 e. The highest BCUT2D eigenvalue weighted by Crippen LogP contribution is 2.28. The summed E-state index contributed by atoms with van der Waals surface area (Å²) in [6.07, 6.45) is 1.78. The number of aliphatic carboxylic acids is 1. The molecule has 0 saturated heterocycles. The first kappa shape index (κ1) is 18.6. The van der Waals surface area contributed by atoms with E-state index >= 15 is 0 Å². The molecule has 0 amide bonds. The maximum absolute atomic E-state index is 11.2. The number of ether oxygens (including phenoxy) is 3. The summed E-state index contributed by atoms with van der Waals surface area (Å²) < 4.78 is 18.5. The van der Waals surface area contributed by atoms with Crippen molar-refractivity contribution < 1.29 is 24.1 Å². The zero-order valence-corrected chi connectivity index (χ0v) is 15.6. The van der Waals surface area contributed by atoms with Gasteiger partial charge in [0, 0.05) is 17.1 Å². The SMILES string of the molecule is COc1cc(C)ccc1OCCOc1ccc2c(ccn2C(C)C(=O)O)c1. The van der Waals surface area contributed by atoms with Crippen molar-refractivity contribution in [3.8, 4) is 17.2 Å². The molecule has 0 aliphatic rings. The van der Waals surface area contributed by atoms with E-state index < -0.39 is 12.0 Å². The number of hydrogen-bond donors (Lipinski definition) is 1. The molecule has 0 aliphatic carbocycles. The summed E-state index contributed by atoms with van der Waals surface area (Å²) in [5.41, 5.74) is 1.96. The van der Waals surface area contributed by atoms with Gasteiger partial charge in [-0.2, -0.15) is 0 Å². The van der Waals surface area contributed by atoms with Crippen LogP contribution in [0.15, 0.2) is 48.7 Å². The van der Waals surface area contributed by atoms with E-state index in [0.717, 1.165) is 16.5 Å². The normalized spacial score (nSPS) is 12.0. The summed E-state index contributed by atoms with van der Waals surface area (Å²) in [6.45, 7) is 4.42. The second kappa shape index (κ2) is 8.03. The van der Waals surface area contributed by atoms with E-state index in [0.29, 0.717) is 30.5 Å². The molecule has 2 aromatic carbocycles. The summed E-state index contributed by atoms with van der Waals surface area (Å²) >= 11 is 0. The van der Waals surface area contributed by atoms with E-state index in [1.807, 2.05) is 49.4 Å². The number of carboxylic acids is 1. The van der Waals surface area contributed by atoms with Crippen LogP contribution in [-0.4, -0.2) is 36.0 Å². The van der Waals surface area contributed by atoms with E-state index in [4.69, 9.17) is 14.2 Å². The Bertz CT molecular complexity index is 947. The molecule has 142 valence electrons. The van der Waals surface area contributed by atoms with Crippen molar-refractivity contribution in [3.63, 3.8) is 0 Å². The molecule has 0 fully saturated rings. The number of carboxylic acid groups (broad SMARTS) is 1. The average Bonchev–Trinajstić information content (AvgIpc) is 3.08. The third-order valence-electron chi connectivity index (χ3n) is 4.40. The lowest BCUT2D eigenvalue weighted by molar-refractivity contribution is -0.140. The predicted molar refractivity (Wildman–Crippen MR) is 103 cm³/mol. The lowest BCUT2D eigenvalue weighted by Gasteiger charge is -2.13. The van der Waals surface area contributed by atoms with Gasteiger partial charge in [-0.1, -0.05) is 6.07 Å². The molecule has 0 aliphatic heterocycles. The molecule has 6 nitrogen and oxygen atoms in total. The topological polar surface area (TPSA) is 69.9 Å². The number of hydrogen-bond acceptors (Lipinski definition) is 4. The van der Waals surface area contributed by atoms with Crippen LogP contribution in [-0.2, 0) is 4.79 Å². The van der Waals surface area contributed by atoms with Gasteiger partial charge < -0.3 is 23.9 Å². The maximum Gasteiger partial charge on any atom is 0.326 e. The van der Waals surface area contributed by atoms with E-state index in [1.54, 1.807) is 24.8 Å². The van der Waals surface area contributed by atoms with Crippen LogP contribution in [0.4, 0.5) is 0 Å². The minimum atomic E-state index is -0.864. The second-order valence-corrected chi connectivity index (χ2v) is 6.31. The Hall–Kier alpha value is -3.15. The number of fused-ring (bicyclic) bond motifs is 1. The van der Waals surface area contributed by atoms with Crippen molar-refractivity contribution in [1.29, 1.82) is 0 Å². The Morgan fingerprint density at radius 1 is 1.07 bits per heavy atom. The van der Waals surface area contributed by atoms with E-state index in [9.17, 15) is 9.90 Å². The Labute approximate surface area is 157 Å². The molecule has 3 rings (SSSR count). The number of benzene rings is 2. The van der Waals surface area contributed by atoms with Crippen LogP contribution < -0.4 is 14.2 Å². The minimum Gasteiger partial charge on any atom is -0.493 e. The first-order chi connectivity index (χ1) is 13.0. The summed E-state index contributed by atoms with van der Waals surface area (Å²) in [7, 11) is 1.62. The molecule has 1 unspecified atom stereocenters. The van der Waals surface area contributed by atoms with Gasteiger partial charge >= 0.3 is 5.97 Å². The summed E-state index contributed by atoms with van der Waals surface area (Å²) in [6, 6.07) is 12.6. The number of aryl methyl sites for hydroxylation is 1. The van der Waals surface area contributed by atoms with E-state index in [2.05, 4.69) is 0 Å². The molecular weight excluding hydrogens is 346 g/mol. The van der Waals surface area contributed by atoms with Gasteiger partial charge in [0.05, 0.1) is 7.11 Å². The third kappa shape index (κ3) is 4.16. The van der Waals surface area contributed by atoms with Gasteiger partial charge in [-0.3, -0.25) is 0 Å². The standard InChI is InChI=1S/C21H23NO5/c1-14-4-7-19(20(12-14)25-3)27-11-10-26-17-5-6-18-16(13-17)8-9-22(18)15(2)21(23)24/h4-9,12-13,15H,10-11H2,1-3H3,(H,23,24). The van der Waals surface area contributed by atoms with Crippen molar-refractivity contribution in [2.75, 3.05) is 20.3 Å². The Balaban J connectivity index is 1.60. The van der Waals surface area contributed by atoms with Crippen LogP contribution >= 0.6 is 0 Å². The molecule has 1 atom stereocenters. The molecule has 1 heterocycles. The number of carbonyl (C=O) groups is 1. The Kier molecular flexibility index (Phi) is 5.54.